The first kappa shape index (κ1) is 22.8. The maximum atomic E-state index is 14.9. The first-order chi connectivity index (χ1) is 15.9. The average molecular weight is 594 g/mol. The van der Waals surface area contributed by atoms with Crippen molar-refractivity contribution in [3.63, 3.8) is 0 Å². The van der Waals surface area contributed by atoms with Crippen molar-refractivity contribution >= 4 is 49.1 Å². The highest BCUT2D eigenvalue weighted by atomic mass is 79.9. The smallest absolute Gasteiger partial charge is 0.175 e. The van der Waals surface area contributed by atoms with Crippen molar-refractivity contribution in [3.8, 4) is 11.5 Å². The van der Waals surface area contributed by atoms with Crippen molar-refractivity contribution in [2.24, 2.45) is 5.92 Å². The normalized spacial score (nSPS) is 20.7. The van der Waals surface area contributed by atoms with Crippen LogP contribution < -0.4 is 14.8 Å². The summed E-state index contributed by atoms with van der Waals surface area (Å²) < 4.78 is 28.2. The molecular formula is C26H21Br2ClFNO2. The Morgan fingerprint density at radius 2 is 1.91 bits per heavy atom. The van der Waals surface area contributed by atoms with E-state index in [1.54, 1.807) is 7.11 Å². The van der Waals surface area contributed by atoms with Gasteiger partial charge in [0.15, 0.2) is 11.5 Å². The van der Waals surface area contributed by atoms with E-state index in [0.717, 1.165) is 32.1 Å². The molecule has 7 heteroatoms. The zero-order valence-corrected chi connectivity index (χ0v) is 21.7. The SMILES string of the molecule is COc1cc([C@@H]2Nc3c(F)cc(Br)cc3[C@@H]3C=CC[C@@H]32)cc(Br)c1OCc1ccc(Cl)cc1. The van der Waals surface area contributed by atoms with Gasteiger partial charge in [-0.05, 0) is 81.4 Å². The first-order valence-corrected chi connectivity index (χ1v) is 12.6. The van der Waals surface area contributed by atoms with E-state index >= 15 is 0 Å². The number of rotatable bonds is 5. The zero-order chi connectivity index (χ0) is 23.1. The summed E-state index contributed by atoms with van der Waals surface area (Å²) in [5, 5.41) is 4.16. The summed E-state index contributed by atoms with van der Waals surface area (Å²) in [4.78, 5) is 0. The fourth-order valence-corrected chi connectivity index (χ4v) is 5.89. The van der Waals surface area contributed by atoms with E-state index in [9.17, 15) is 4.39 Å². The lowest BCUT2D eigenvalue weighted by Gasteiger charge is -2.38. The van der Waals surface area contributed by atoms with Gasteiger partial charge in [0.25, 0.3) is 0 Å². The van der Waals surface area contributed by atoms with E-state index in [1.807, 2.05) is 42.5 Å². The van der Waals surface area contributed by atoms with E-state index in [0.29, 0.717) is 28.8 Å². The number of benzene rings is 3. The quantitative estimate of drug-likeness (QED) is 0.301. The molecule has 2 aliphatic rings. The Hall–Kier alpha value is -2.02. The van der Waals surface area contributed by atoms with Crippen LogP contribution >= 0.6 is 43.5 Å². The molecule has 3 nitrogen and oxygen atoms in total. The van der Waals surface area contributed by atoms with Crippen LogP contribution in [0.25, 0.3) is 0 Å². The molecule has 0 aromatic heterocycles. The van der Waals surface area contributed by atoms with Gasteiger partial charge in [-0.15, -0.1) is 0 Å². The molecule has 0 amide bonds. The van der Waals surface area contributed by atoms with Crippen molar-refractivity contribution in [1.82, 2.24) is 0 Å². The number of halogens is 4. The number of fused-ring (bicyclic) bond motifs is 3. The molecule has 0 saturated carbocycles. The maximum Gasteiger partial charge on any atom is 0.175 e. The molecule has 3 aromatic carbocycles. The lowest BCUT2D eigenvalue weighted by atomic mass is 9.77. The molecule has 0 saturated heterocycles. The highest BCUT2D eigenvalue weighted by molar-refractivity contribution is 9.10. The van der Waals surface area contributed by atoms with Crippen LogP contribution in [-0.4, -0.2) is 7.11 Å². The molecule has 1 heterocycles. The summed E-state index contributed by atoms with van der Waals surface area (Å²) >= 11 is 13.1. The Bertz CT molecular complexity index is 1230. The highest BCUT2D eigenvalue weighted by Crippen LogP contribution is 2.52. The van der Waals surface area contributed by atoms with Crippen molar-refractivity contribution in [1.29, 1.82) is 0 Å². The van der Waals surface area contributed by atoms with Crippen LogP contribution in [0.15, 0.2) is 69.6 Å². The molecule has 5 rings (SSSR count). The van der Waals surface area contributed by atoms with Crippen LogP contribution in [0, 0.1) is 11.7 Å². The molecule has 1 aliphatic carbocycles. The lowest BCUT2D eigenvalue weighted by molar-refractivity contribution is 0.282. The van der Waals surface area contributed by atoms with Gasteiger partial charge in [0, 0.05) is 15.4 Å². The summed E-state index contributed by atoms with van der Waals surface area (Å²) in [5.74, 6) is 1.44. The van der Waals surface area contributed by atoms with Gasteiger partial charge in [-0.1, -0.05) is 51.8 Å². The fraction of sp³-hybridized carbons (Fsp3) is 0.231. The third kappa shape index (κ3) is 4.41. The molecule has 3 aromatic rings. The van der Waals surface area contributed by atoms with E-state index < -0.39 is 0 Å². The Balaban J connectivity index is 1.47. The monoisotopic (exact) mass is 591 g/mol. The van der Waals surface area contributed by atoms with Crippen molar-refractivity contribution in [2.45, 2.75) is 25.0 Å². The second kappa shape index (κ2) is 9.32. The molecular weight excluding hydrogens is 573 g/mol. The van der Waals surface area contributed by atoms with E-state index in [4.69, 9.17) is 21.1 Å². The number of anilines is 1. The van der Waals surface area contributed by atoms with Crippen molar-refractivity contribution in [3.05, 3.63) is 97.2 Å². The minimum atomic E-state index is -0.253. The summed E-state index contributed by atoms with van der Waals surface area (Å²) in [5.41, 5.74) is 3.58. The Labute approximate surface area is 214 Å². The van der Waals surface area contributed by atoms with Crippen LogP contribution in [0.4, 0.5) is 10.1 Å². The molecule has 0 radical (unpaired) electrons. The predicted octanol–water partition coefficient (Wildman–Crippen LogP) is 8.42. The van der Waals surface area contributed by atoms with Crippen LogP contribution in [0.5, 0.6) is 11.5 Å². The minimum Gasteiger partial charge on any atom is -0.493 e. The fourth-order valence-electron chi connectivity index (χ4n) is 4.75. The van der Waals surface area contributed by atoms with Crippen LogP contribution in [0.3, 0.4) is 0 Å². The second-order valence-corrected chi connectivity index (χ2v) is 10.5. The third-order valence-corrected chi connectivity index (χ3v) is 7.59. The Morgan fingerprint density at radius 1 is 1.12 bits per heavy atom. The predicted molar refractivity (Wildman–Crippen MR) is 137 cm³/mol. The van der Waals surface area contributed by atoms with Gasteiger partial charge < -0.3 is 14.8 Å². The molecule has 1 aliphatic heterocycles. The molecule has 0 unspecified atom stereocenters. The van der Waals surface area contributed by atoms with Gasteiger partial charge in [0.1, 0.15) is 12.4 Å². The molecule has 1 N–H and O–H groups in total. The third-order valence-electron chi connectivity index (χ3n) is 6.29. The van der Waals surface area contributed by atoms with Crippen LogP contribution in [-0.2, 0) is 6.61 Å². The van der Waals surface area contributed by atoms with Gasteiger partial charge >= 0.3 is 0 Å². The summed E-state index contributed by atoms with van der Waals surface area (Å²) in [6.45, 7) is 0.384. The molecule has 0 bridgehead atoms. The zero-order valence-electron chi connectivity index (χ0n) is 17.7. The number of nitrogens with one attached hydrogen (secondary N) is 1. The summed E-state index contributed by atoms with van der Waals surface area (Å²) in [6, 6.07) is 15.0. The molecule has 0 spiro atoms. The maximum absolute atomic E-state index is 14.9. The minimum absolute atomic E-state index is 0.0660. The average Bonchev–Trinajstić information content (AvgIpc) is 3.29. The summed E-state index contributed by atoms with van der Waals surface area (Å²) in [7, 11) is 1.63. The molecule has 170 valence electrons. The van der Waals surface area contributed by atoms with Crippen LogP contribution in [0.1, 0.15) is 35.1 Å². The number of hydrogen-bond acceptors (Lipinski definition) is 3. The number of allylic oxidation sites excluding steroid dienone is 2. The molecule has 33 heavy (non-hydrogen) atoms. The van der Waals surface area contributed by atoms with Gasteiger partial charge in [0.2, 0.25) is 0 Å². The topological polar surface area (TPSA) is 30.5 Å². The highest BCUT2D eigenvalue weighted by Gasteiger charge is 2.39. The van der Waals surface area contributed by atoms with Crippen molar-refractivity contribution in [2.75, 3.05) is 12.4 Å². The van der Waals surface area contributed by atoms with Crippen molar-refractivity contribution < 1.29 is 13.9 Å². The largest absolute Gasteiger partial charge is 0.493 e. The summed E-state index contributed by atoms with van der Waals surface area (Å²) in [6.07, 6.45) is 5.30. The second-order valence-electron chi connectivity index (χ2n) is 8.28. The molecule has 3 atom stereocenters. The number of hydrogen-bond donors (Lipinski definition) is 1. The van der Waals surface area contributed by atoms with Gasteiger partial charge in [0.05, 0.1) is 23.3 Å². The standard InChI is InChI=1S/C26H21Br2ClFNO2/c1-32-23-10-15(9-21(28)26(23)33-13-14-5-7-17(29)8-6-14)24-19-4-2-3-18(19)20-11-16(27)12-22(30)25(20)31-24/h2-3,5-12,18-19,24,31H,4,13H2,1H3/t18-,19+,24+/m1/s1. The number of ether oxygens (including phenoxy) is 2. The van der Waals surface area contributed by atoms with E-state index in [-0.39, 0.29) is 23.7 Å². The first-order valence-electron chi connectivity index (χ1n) is 10.6. The molecule has 0 fully saturated rings. The lowest BCUT2D eigenvalue weighted by Crippen LogP contribution is -2.29. The van der Waals surface area contributed by atoms with E-state index in [1.165, 1.54) is 6.07 Å². The van der Waals surface area contributed by atoms with Crippen LogP contribution in [0.2, 0.25) is 5.02 Å². The van der Waals surface area contributed by atoms with Gasteiger partial charge in [-0.3, -0.25) is 0 Å². The number of methoxy groups -OCH3 is 1. The van der Waals surface area contributed by atoms with Gasteiger partial charge in [-0.2, -0.15) is 0 Å². The van der Waals surface area contributed by atoms with E-state index in [2.05, 4.69) is 49.3 Å². The van der Waals surface area contributed by atoms with Gasteiger partial charge in [-0.25, -0.2) is 4.39 Å². The Morgan fingerprint density at radius 3 is 2.67 bits per heavy atom. The Kier molecular flexibility index (Phi) is 6.43.